The maximum absolute atomic E-state index is 6.46. The highest BCUT2D eigenvalue weighted by atomic mass is 16.3. The summed E-state index contributed by atoms with van der Waals surface area (Å²) in [5.41, 5.74) is 10.7. The van der Waals surface area contributed by atoms with E-state index >= 15 is 0 Å². The third kappa shape index (κ3) is 4.53. The number of rotatable bonds is 4. The van der Waals surface area contributed by atoms with Crippen molar-refractivity contribution in [1.29, 1.82) is 0 Å². The van der Waals surface area contributed by atoms with Crippen LogP contribution in [0.1, 0.15) is 17.5 Å². The third-order valence-electron chi connectivity index (χ3n) is 10.4. The van der Waals surface area contributed by atoms with Crippen LogP contribution in [0.5, 0.6) is 0 Å². The molecule has 52 heavy (non-hydrogen) atoms. The van der Waals surface area contributed by atoms with Crippen molar-refractivity contribution < 1.29 is 8.83 Å². The van der Waals surface area contributed by atoms with Gasteiger partial charge in [0.25, 0.3) is 0 Å². The van der Waals surface area contributed by atoms with Crippen LogP contribution in [0, 0.1) is 0 Å². The Balaban J connectivity index is 1.21. The molecule has 0 aliphatic heterocycles. The molecule has 0 amide bonds. The van der Waals surface area contributed by atoms with E-state index in [1.165, 1.54) is 21.9 Å². The smallest absolute Gasteiger partial charge is 0.165 e. The summed E-state index contributed by atoms with van der Waals surface area (Å²) in [6.45, 7) is 0. The fraction of sp³-hybridized carbons (Fsp3) is 0.0426. The van der Waals surface area contributed by atoms with Crippen LogP contribution in [0.2, 0.25) is 0 Å². The van der Waals surface area contributed by atoms with Crippen LogP contribution in [0.4, 0.5) is 0 Å². The summed E-state index contributed by atoms with van der Waals surface area (Å²) in [6, 6.07) is 48.2. The highest BCUT2D eigenvalue weighted by molar-refractivity contribution is 6.15. The van der Waals surface area contributed by atoms with E-state index in [0.29, 0.717) is 17.5 Å². The summed E-state index contributed by atoms with van der Waals surface area (Å²) in [4.78, 5) is 15.6. The Bertz CT molecular complexity index is 3080. The van der Waals surface area contributed by atoms with E-state index < -0.39 is 0 Å². The number of para-hydroxylation sites is 2. The first-order valence-corrected chi connectivity index (χ1v) is 17.7. The highest BCUT2D eigenvalue weighted by Crippen LogP contribution is 2.44. The molecule has 0 radical (unpaired) electrons. The topological polar surface area (TPSA) is 65.0 Å². The SMILES string of the molecule is C1=Cc2c(ccc3ccc(-c4ccc5oc6ccccc6c5c4-c4nc(-c5ccccc5)nc(-c5ccc6c(c5)oc5ccccc56)n4)cc23)CC1. The quantitative estimate of drug-likeness (QED) is 0.187. The first kappa shape index (κ1) is 28.9. The summed E-state index contributed by atoms with van der Waals surface area (Å²) >= 11 is 0. The van der Waals surface area contributed by atoms with Crippen molar-refractivity contribution in [2.75, 3.05) is 0 Å². The Kier molecular flexibility index (Phi) is 6.31. The van der Waals surface area contributed by atoms with E-state index in [1.54, 1.807) is 0 Å². The molecule has 0 saturated heterocycles. The fourth-order valence-corrected chi connectivity index (χ4v) is 7.90. The van der Waals surface area contributed by atoms with E-state index in [1.807, 2.05) is 66.7 Å². The summed E-state index contributed by atoms with van der Waals surface area (Å²) in [6.07, 6.45) is 6.69. The minimum Gasteiger partial charge on any atom is -0.456 e. The van der Waals surface area contributed by atoms with Crippen molar-refractivity contribution in [3.05, 3.63) is 157 Å². The van der Waals surface area contributed by atoms with E-state index in [2.05, 4.69) is 84.9 Å². The van der Waals surface area contributed by atoms with Gasteiger partial charge in [0.2, 0.25) is 0 Å². The third-order valence-corrected chi connectivity index (χ3v) is 10.4. The molecule has 0 atom stereocenters. The van der Waals surface area contributed by atoms with Gasteiger partial charge in [0.15, 0.2) is 17.5 Å². The van der Waals surface area contributed by atoms with E-state index in [9.17, 15) is 0 Å². The number of furan rings is 2. The number of aryl methyl sites for hydroxylation is 1. The standard InChI is InChI=1S/C47H29N3O2/c1-2-11-30(12-3-1)45-48-46(32-22-23-36-35-14-6-8-16-39(35)52-42(36)27-32)50-47(49-45)44-34(24-25-41-43(44)37-15-7-9-17-40(37)51-41)31-21-20-29-19-18-28-10-4-5-13-33(28)38(29)26-31/h1-3,5-9,11-27H,4,10H2. The molecule has 1 aliphatic rings. The molecule has 1 aliphatic carbocycles. The van der Waals surface area contributed by atoms with Crippen molar-refractivity contribution in [2.45, 2.75) is 12.8 Å². The molecule has 0 N–H and O–H groups in total. The Morgan fingerprint density at radius 1 is 0.462 bits per heavy atom. The van der Waals surface area contributed by atoms with Crippen molar-refractivity contribution in [3.8, 4) is 45.3 Å². The van der Waals surface area contributed by atoms with Crippen LogP contribution in [0.25, 0.3) is 106 Å². The number of hydrogen-bond donors (Lipinski definition) is 0. The van der Waals surface area contributed by atoms with Gasteiger partial charge in [-0.05, 0) is 88.3 Å². The second-order valence-electron chi connectivity index (χ2n) is 13.5. The van der Waals surface area contributed by atoms with Gasteiger partial charge in [-0.3, -0.25) is 0 Å². The summed E-state index contributed by atoms with van der Waals surface area (Å²) in [7, 11) is 0. The average Bonchev–Trinajstić information content (AvgIpc) is 3.78. The summed E-state index contributed by atoms with van der Waals surface area (Å²) in [5, 5.41) is 6.60. The van der Waals surface area contributed by atoms with Gasteiger partial charge < -0.3 is 8.83 Å². The highest BCUT2D eigenvalue weighted by Gasteiger charge is 2.23. The minimum absolute atomic E-state index is 0.569. The largest absolute Gasteiger partial charge is 0.456 e. The van der Waals surface area contributed by atoms with Crippen LogP contribution < -0.4 is 0 Å². The molecule has 5 nitrogen and oxygen atoms in total. The lowest BCUT2D eigenvalue weighted by Crippen LogP contribution is -2.01. The number of hydrogen-bond acceptors (Lipinski definition) is 5. The van der Waals surface area contributed by atoms with Gasteiger partial charge in [0, 0.05) is 38.2 Å². The Morgan fingerprint density at radius 3 is 2.04 bits per heavy atom. The zero-order valence-corrected chi connectivity index (χ0v) is 28.0. The maximum Gasteiger partial charge on any atom is 0.165 e. The van der Waals surface area contributed by atoms with Crippen molar-refractivity contribution in [3.63, 3.8) is 0 Å². The van der Waals surface area contributed by atoms with Crippen LogP contribution in [0.3, 0.4) is 0 Å². The van der Waals surface area contributed by atoms with Gasteiger partial charge in [-0.1, -0.05) is 109 Å². The lowest BCUT2D eigenvalue weighted by Gasteiger charge is -2.16. The van der Waals surface area contributed by atoms with Crippen LogP contribution >= 0.6 is 0 Å². The molecule has 0 spiro atoms. The summed E-state index contributed by atoms with van der Waals surface area (Å²) < 4.78 is 12.8. The first-order chi connectivity index (χ1) is 25.7. The van der Waals surface area contributed by atoms with Gasteiger partial charge in [-0.15, -0.1) is 0 Å². The molecule has 0 fully saturated rings. The van der Waals surface area contributed by atoms with E-state index in [-0.39, 0.29) is 0 Å². The average molecular weight is 668 g/mol. The van der Waals surface area contributed by atoms with E-state index in [4.69, 9.17) is 23.8 Å². The van der Waals surface area contributed by atoms with Gasteiger partial charge in [-0.25, -0.2) is 15.0 Å². The van der Waals surface area contributed by atoms with Crippen LogP contribution in [0.15, 0.2) is 154 Å². The lowest BCUT2D eigenvalue weighted by atomic mass is 9.89. The molecule has 11 rings (SSSR count). The predicted molar refractivity (Wildman–Crippen MR) is 211 cm³/mol. The predicted octanol–water partition coefficient (Wildman–Crippen LogP) is 12.5. The Morgan fingerprint density at radius 2 is 1.15 bits per heavy atom. The Labute approximate surface area is 298 Å². The number of fused-ring (bicyclic) bond motifs is 9. The Hall–Kier alpha value is -6.85. The number of aromatic nitrogens is 3. The number of benzene rings is 7. The van der Waals surface area contributed by atoms with Crippen molar-refractivity contribution >= 4 is 60.7 Å². The molecular weight excluding hydrogens is 639 g/mol. The molecule has 7 aromatic carbocycles. The first-order valence-electron chi connectivity index (χ1n) is 17.7. The molecule has 0 saturated carbocycles. The molecule has 244 valence electrons. The molecule has 0 bridgehead atoms. The minimum atomic E-state index is 0.569. The van der Waals surface area contributed by atoms with Gasteiger partial charge in [-0.2, -0.15) is 0 Å². The lowest BCUT2D eigenvalue weighted by molar-refractivity contribution is 0.668. The van der Waals surface area contributed by atoms with Gasteiger partial charge in [0.05, 0.1) is 0 Å². The van der Waals surface area contributed by atoms with Crippen molar-refractivity contribution in [2.24, 2.45) is 0 Å². The fourth-order valence-electron chi connectivity index (χ4n) is 7.90. The zero-order valence-electron chi connectivity index (χ0n) is 28.0. The number of nitrogens with zero attached hydrogens (tertiary/aromatic N) is 3. The van der Waals surface area contributed by atoms with Crippen molar-refractivity contribution in [1.82, 2.24) is 15.0 Å². The maximum atomic E-state index is 6.46. The molecular formula is C47H29N3O2. The van der Waals surface area contributed by atoms with Crippen LogP contribution in [-0.2, 0) is 6.42 Å². The zero-order chi connectivity index (χ0) is 34.2. The molecule has 3 aromatic heterocycles. The van der Waals surface area contributed by atoms with E-state index in [0.717, 1.165) is 84.5 Å². The van der Waals surface area contributed by atoms with Gasteiger partial charge >= 0.3 is 0 Å². The molecule has 10 aromatic rings. The monoisotopic (exact) mass is 667 g/mol. The van der Waals surface area contributed by atoms with Gasteiger partial charge in [0.1, 0.15) is 22.3 Å². The molecule has 3 heterocycles. The normalized spacial score (nSPS) is 12.8. The molecule has 5 heteroatoms. The van der Waals surface area contributed by atoms with Crippen LogP contribution in [-0.4, -0.2) is 15.0 Å². The second-order valence-corrected chi connectivity index (χ2v) is 13.5. The summed E-state index contributed by atoms with van der Waals surface area (Å²) in [5.74, 6) is 1.74. The second kappa shape index (κ2) is 11.3. The number of allylic oxidation sites excluding steroid dienone is 1. The molecule has 0 unspecified atom stereocenters.